The van der Waals surface area contributed by atoms with E-state index in [0.29, 0.717) is 18.2 Å². The van der Waals surface area contributed by atoms with Crippen molar-refractivity contribution in [2.24, 2.45) is 0 Å². The highest BCUT2D eigenvalue weighted by Crippen LogP contribution is 2.08. The molecule has 0 saturated carbocycles. The predicted octanol–water partition coefficient (Wildman–Crippen LogP) is 1.11. The molecule has 1 aromatic rings. The Morgan fingerprint density at radius 1 is 1.59 bits per heavy atom. The summed E-state index contributed by atoms with van der Waals surface area (Å²) in [7, 11) is 5.43. The third-order valence-electron chi connectivity index (χ3n) is 2.70. The van der Waals surface area contributed by atoms with Gasteiger partial charge in [-0.1, -0.05) is 0 Å². The first kappa shape index (κ1) is 13.7. The predicted molar refractivity (Wildman–Crippen MR) is 64.9 cm³/mol. The molecule has 1 aromatic heterocycles. The molecule has 0 aromatic carbocycles. The van der Waals surface area contributed by atoms with Crippen LogP contribution in [-0.2, 0) is 11.3 Å². The van der Waals surface area contributed by atoms with Crippen LogP contribution >= 0.6 is 0 Å². The fourth-order valence-electron chi connectivity index (χ4n) is 1.29. The van der Waals surface area contributed by atoms with Gasteiger partial charge < -0.3 is 19.4 Å². The summed E-state index contributed by atoms with van der Waals surface area (Å²) in [6.07, 6.45) is 1.41. The lowest BCUT2D eigenvalue weighted by Crippen LogP contribution is -2.35. The van der Waals surface area contributed by atoms with Crippen molar-refractivity contribution in [2.75, 3.05) is 27.7 Å². The molecule has 96 valence electrons. The van der Waals surface area contributed by atoms with Gasteiger partial charge in [0.1, 0.15) is 12.0 Å². The molecule has 1 heterocycles. The van der Waals surface area contributed by atoms with Gasteiger partial charge in [-0.2, -0.15) is 0 Å². The van der Waals surface area contributed by atoms with E-state index < -0.39 is 0 Å². The summed E-state index contributed by atoms with van der Waals surface area (Å²) >= 11 is 0. The zero-order valence-corrected chi connectivity index (χ0v) is 10.8. The number of esters is 1. The number of carbonyl (C=O) groups excluding carboxylic acids is 1. The van der Waals surface area contributed by atoms with Crippen LogP contribution in [0.15, 0.2) is 16.7 Å². The number of nitrogens with one attached hydrogen (secondary N) is 1. The lowest BCUT2D eigenvalue weighted by atomic mass is 10.3. The van der Waals surface area contributed by atoms with Gasteiger partial charge in [0.05, 0.1) is 19.2 Å². The number of methoxy groups -OCH3 is 1. The number of ether oxygens (including phenoxy) is 1. The van der Waals surface area contributed by atoms with Crippen LogP contribution in [0.3, 0.4) is 0 Å². The maximum absolute atomic E-state index is 11.2. The zero-order chi connectivity index (χ0) is 12.8. The lowest BCUT2D eigenvalue weighted by molar-refractivity contribution is 0.0600. The van der Waals surface area contributed by atoms with Gasteiger partial charge in [0.2, 0.25) is 0 Å². The summed E-state index contributed by atoms with van der Waals surface area (Å²) in [4.78, 5) is 13.3. The van der Waals surface area contributed by atoms with Crippen molar-refractivity contribution in [1.82, 2.24) is 10.2 Å². The quantitative estimate of drug-likeness (QED) is 0.755. The first-order chi connectivity index (χ1) is 8.04. The second-order valence-corrected chi connectivity index (χ2v) is 4.24. The molecular formula is C12H20N2O3. The van der Waals surface area contributed by atoms with Crippen molar-refractivity contribution < 1.29 is 13.9 Å². The Labute approximate surface area is 102 Å². The Balaban J connectivity index is 2.37. The average Bonchev–Trinajstić information content (AvgIpc) is 2.76. The molecule has 0 aliphatic rings. The number of hydrogen-bond acceptors (Lipinski definition) is 5. The van der Waals surface area contributed by atoms with Gasteiger partial charge in [-0.05, 0) is 27.1 Å². The fraction of sp³-hybridized carbons (Fsp3) is 0.583. The van der Waals surface area contributed by atoms with E-state index in [1.807, 2.05) is 14.1 Å². The molecule has 1 unspecified atom stereocenters. The van der Waals surface area contributed by atoms with E-state index in [4.69, 9.17) is 4.42 Å². The third kappa shape index (κ3) is 4.20. The molecule has 0 fully saturated rings. The second kappa shape index (κ2) is 6.42. The minimum Gasteiger partial charge on any atom is -0.467 e. The normalized spacial score (nSPS) is 12.8. The van der Waals surface area contributed by atoms with E-state index in [1.165, 1.54) is 13.4 Å². The van der Waals surface area contributed by atoms with Gasteiger partial charge in [-0.3, -0.25) is 0 Å². The topological polar surface area (TPSA) is 54.7 Å². The molecule has 0 radical (unpaired) electrons. The molecule has 0 spiro atoms. The molecule has 0 saturated heterocycles. The van der Waals surface area contributed by atoms with E-state index in [9.17, 15) is 4.79 Å². The summed E-state index contributed by atoms with van der Waals surface area (Å²) < 4.78 is 9.85. The fourth-order valence-corrected chi connectivity index (χ4v) is 1.29. The van der Waals surface area contributed by atoms with Crippen LogP contribution in [0.2, 0.25) is 0 Å². The number of likely N-dealkylation sites (N-methyl/N-ethyl adjacent to an activating group) is 1. The van der Waals surface area contributed by atoms with Crippen LogP contribution in [0.4, 0.5) is 0 Å². The van der Waals surface area contributed by atoms with Gasteiger partial charge in [-0.25, -0.2) is 4.79 Å². The van der Waals surface area contributed by atoms with Crippen molar-refractivity contribution >= 4 is 5.97 Å². The van der Waals surface area contributed by atoms with Crippen molar-refractivity contribution in [3.8, 4) is 0 Å². The molecule has 1 atom stereocenters. The van der Waals surface area contributed by atoms with Gasteiger partial charge in [-0.15, -0.1) is 0 Å². The van der Waals surface area contributed by atoms with E-state index in [-0.39, 0.29) is 5.97 Å². The molecule has 1 N–H and O–H groups in total. The molecule has 5 nitrogen and oxygen atoms in total. The van der Waals surface area contributed by atoms with Gasteiger partial charge in [0.15, 0.2) is 0 Å². The van der Waals surface area contributed by atoms with Crippen LogP contribution < -0.4 is 5.32 Å². The van der Waals surface area contributed by atoms with E-state index in [2.05, 4.69) is 21.9 Å². The van der Waals surface area contributed by atoms with Crippen molar-refractivity contribution in [1.29, 1.82) is 0 Å². The third-order valence-corrected chi connectivity index (χ3v) is 2.70. The highest BCUT2D eigenvalue weighted by Gasteiger charge is 2.10. The van der Waals surface area contributed by atoms with E-state index in [1.54, 1.807) is 6.07 Å². The average molecular weight is 240 g/mol. The number of hydrogen-bond donors (Lipinski definition) is 1. The maximum atomic E-state index is 11.2. The lowest BCUT2D eigenvalue weighted by Gasteiger charge is -2.19. The molecule has 0 aliphatic carbocycles. The molecule has 0 amide bonds. The monoisotopic (exact) mass is 240 g/mol. The summed E-state index contributed by atoms with van der Waals surface area (Å²) in [5, 5.41) is 3.27. The Hall–Kier alpha value is -1.33. The van der Waals surface area contributed by atoms with Crippen LogP contribution in [0.1, 0.15) is 23.0 Å². The van der Waals surface area contributed by atoms with Crippen LogP contribution in [0, 0.1) is 0 Å². The van der Waals surface area contributed by atoms with Gasteiger partial charge in [0.25, 0.3) is 0 Å². The summed E-state index contributed by atoms with van der Waals surface area (Å²) in [5.41, 5.74) is 0.449. The highest BCUT2D eigenvalue weighted by atomic mass is 16.5. The van der Waals surface area contributed by atoms with Gasteiger partial charge >= 0.3 is 5.97 Å². The highest BCUT2D eigenvalue weighted by molar-refractivity contribution is 5.88. The summed E-state index contributed by atoms with van der Waals surface area (Å²) in [6, 6.07) is 2.14. The Morgan fingerprint density at radius 3 is 2.88 bits per heavy atom. The standard InChI is InChI=1S/C12H20N2O3/c1-9(14(2)3)6-13-7-11-5-10(8-17-11)12(15)16-4/h5,8-9,13H,6-7H2,1-4H3. The Morgan fingerprint density at radius 2 is 2.29 bits per heavy atom. The Kier molecular flexibility index (Phi) is 5.18. The Bertz CT molecular complexity index is 360. The maximum Gasteiger partial charge on any atom is 0.341 e. The largest absolute Gasteiger partial charge is 0.467 e. The number of furan rings is 1. The minimum atomic E-state index is -0.373. The summed E-state index contributed by atoms with van der Waals surface area (Å²) in [5.74, 6) is 0.359. The number of nitrogens with zero attached hydrogens (tertiary/aromatic N) is 1. The molecule has 5 heteroatoms. The molecule has 17 heavy (non-hydrogen) atoms. The number of rotatable bonds is 6. The summed E-state index contributed by atoms with van der Waals surface area (Å²) in [6.45, 7) is 3.60. The molecular weight excluding hydrogens is 220 g/mol. The smallest absolute Gasteiger partial charge is 0.341 e. The minimum absolute atomic E-state index is 0.373. The SMILES string of the molecule is COC(=O)c1coc(CNCC(C)N(C)C)c1. The van der Waals surface area contributed by atoms with Gasteiger partial charge in [0, 0.05) is 12.6 Å². The molecule has 0 bridgehead atoms. The van der Waals surface area contributed by atoms with Crippen LogP contribution in [0.5, 0.6) is 0 Å². The number of carbonyl (C=O) groups is 1. The molecule has 1 rings (SSSR count). The van der Waals surface area contributed by atoms with E-state index in [0.717, 1.165) is 12.3 Å². The van der Waals surface area contributed by atoms with Crippen molar-refractivity contribution in [3.05, 3.63) is 23.7 Å². The first-order valence-corrected chi connectivity index (χ1v) is 5.57. The van der Waals surface area contributed by atoms with E-state index >= 15 is 0 Å². The second-order valence-electron chi connectivity index (χ2n) is 4.24. The van der Waals surface area contributed by atoms with Crippen LogP contribution in [-0.4, -0.2) is 44.7 Å². The molecule has 0 aliphatic heterocycles. The van der Waals surface area contributed by atoms with Crippen LogP contribution in [0.25, 0.3) is 0 Å². The van der Waals surface area contributed by atoms with Crippen molar-refractivity contribution in [3.63, 3.8) is 0 Å². The first-order valence-electron chi connectivity index (χ1n) is 5.57. The van der Waals surface area contributed by atoms with Crippen molar-refractivity contribution in [2.45, 2.75) is 19.5 Å². The zero-order valence-electron chi connectivity index (χ0n) is 10.8.